The molecule has 1 heterocycles. The van der Waals surface area contributed by atoms with Gasteiger partial charge in [-0.15, -0.1) is 0 Å². The zero-order valence-electron chi connectivity index (χ0n) is 12.4. The molecule has 0 saturated heterocycles. The molecule has 1 aromatic carbocycles. The fourth-order valence-corrected chi connectivity index (χ4v) is 2.30. The molecule has 20 heavy (non-hydrogen) atoms. The third-order valence-corrected chi connectivity index (χ3v) is 3.64. The number of hydrogen-bond donors (Lipinski definition) is 0. The van der Waals surface area contributed by atoms with E-state index in [4.69, 9.17) is 4.74 Å². The molecule has 0 saturated carbocycles. The predicted molar refractivity (Wildman–Crippen MR) is 82.5 cm³/mol. The molecule has 2 rings (SSSR count). The number of benzene rings is 1. The van der Waals surface area contributed by atoms with Gasteiger partial charge in [-0.05, 0) is 31.3 Å². The molecule has 0 fully saturated rings. The Morgan fingerprint density at radius 3 is 2.60 bits per heavy atom. The van der Waals surface area contributed by atoms with Crippen molar-refractivity contribution < 1.29 is 4.74 Å². The molecule has 2 aromatic rings. The third-order valence-electron chi connectivity index (χ3n) is 3.64. The first-order valence-corrected chi connectivity index (χ1v) is 7.10. The fraction of sp³-hybridized carbons (Fsp3) is 0.438. The van der Waals surface area contributed by atoms with Crippen molar-refractivity contribution in [3.63, 3.8) is 0 Å². The van der Waals surface area contributed by atoms with Crippen molar-refractivity contribution in [1.29, 1.82) is 0 Å². The minimum atomic E-state index is 0.0108. The van der Waals surface area contributed by atoms with Gasteiger partial charge in [0.15, 0.2) is 0 Å². The van der Waals surface area contributed by atoms with Crippen LogP contribution in [0.2, 0.25) is 0 Å². The van der Waals surface area contributed by atoms with Crippen LogP contribution in [0.1, 0.15) is 13.8 Å². The van der Waals surface area contributed by atoms with Crippen LogP contribution in [0.3, 0.4) is 0 Å². The first-order valence-electron chi connectivity index (χ1n) is 7.10. The van der Waals surface area contributed by atoms with Gasteiger partial charge in [0.25, 0.3) is 5.56 Å². The van der Waals surface area contributed by atoms with Crippen molar-refractivity contribution in [2.75, 3.05) is 26.2 Å². The van der Waals surface area contributed by atoms with Gasteiger partial charge in [-0.3, -0.25) is 4.79 Å². The Morgan fingerprint density at radius 1 is 1.15 bits per heavy atom. The summed E-state index contributed by atoms with van der Waals surface area (Å²) in [5.41, 5.74) is 0.0108. The highest BCUT2D eigenvalue weighted by Gasteiger charge is 2.06. The first-order chi connectivity index (χ1) is 9.67. The Balaban J connectivity index is 2.19. The van der Waals surface area contributed by atoms with E-state index in [1.54, 1.807) is 17.8 Å². The second kappa shape index (κ2) is 6.57. The van der Waals surface area contributed by atoms with Crippen molar-refractivity contribution in [3.05, 3.63) is 40.8 Å². The van der Waals surface area contributed by atoms with Gasteiger partial charge < -0.3 is 14.2 Å². The molecule has 0 aliphatic heterocycles. The van der Waals surface area contributed by atoms with Gasteiger partial charge in [-0.1, -0.05) is 19.9 Å². The standard InChI is InChI=1S/C16H22N2O2/c1-4-18(5-2)11-12-20-15-8-6-7-14-13(15)9-10-17(3)16(14)19/h6-10H,4-5,11-12H2,1-3H3. The van der Waals surface area contributed by atoms with Crippen molar-refractivity contribution in [3.8, 4) is 5.75 Å². The van der Waals surface area contributed by atoms with Crippen LogP contribution in [0.4, 0.5) is 0 Å². The number of likely N-dealkylation sites (N-methyl/N-ethyl adjacent to an activating group) is 1. The van der Waals surface area contributed by atoms with Crippen molar-refractivity contribution in [2.45, 2.75) is 13.8 Å². The molecular formula is C16H22N2O2. The minimum absolute atomic E-state index is 0.0108. The number of fused-ring (bicyclic) bond motifs is 1. The van der Waals surface area contributed by atoms with E-state index in [1.165, 1.54) is 0 Å². The summed E-state index contributed by atoms with van der Waals surface area (Å²) in [6.45, 7) is 7.87. The maximum absolute atomic E-state index is 12.1. The highest BCUT2D eigenvalue weighted by atomic mass is 16.5. The second-order valence-corrected chi connectivity index (χ2v) is 4.82. The van der Waals surface area contributed by atoms with Crippen LogP contribution in [0.15, 0.2) is 35.3 Å². The summed E-state index contributed by atoms with van der Waals surface area (Å²) in [4.78, 5) is 14.4. The Hall–Kier alpha value is -1.81. The summed E-state index contributed by atoms with van der Waals surface area (Å²) in [6.07, 6.45) is 1.78. The quantitative estimate of drug-likeness (QED) is 0.810. The Morgan fingerprint density at radius 2 is 1.90 bits per heavy atom. The molecule has 0 atom stereocenters. The lowest BCUT2D eigenvalue weighted by Crippen LogP contribution is -2.28. The smallest absolute Gasteiger partial charge is 0.258 e. The Labute approximate surface area is 119 Å². The number of ether oxygens (including phenoxy) is 1. The monoisotopic (exact) mass is 274 g/mol. The zero-order chi connectivity index (χ0) is 14.5. The predicted octanol–water partition coefficient (Wildman–Crippen LogP) is 2.26. The second-order valence-electron chi connectivity index (χ2n) is 4.82. The van der Waals surface area contributed by atoms with E-state index < -0.39 is 0 Å². The zero-order valence-corrected chi connectivity index (χ0v) is 12.4. The van der Waals surface area contributed by atoms with Crippen molar-refractivity contribution in [2.24, 2.45) is 7.05 Å². The Kier molecular flexibility index (Phi) is 4.79. The highest BCUT2D eigenvalue weighted by molar-refractivity contribution is 5.87. The van der Waals surface area contributed by atoms with Crippen LogP contribution in [0, 0.1) is 0 Å². The Bertz CT molecular complexity index is 630. The van der Waals surface area contributed by atoms with Crippen molar-refractivity contribution >= 4 is 10.8 Å². The van der Waals surface area contributed by atoms with Crippen LogP contribution in [0.5, 0.6) is 5.75 Å². The van der Waals surface area contributed by atoms with Gasteiger partial charge in [0.1, 0.15) is 12.4 Å². The molecule has 0 aliphatic carbocycles. The molecule has 0 bridgehead atoms. The molecule has 0 N–H and O–H groups in total. The van der Waals surface area contributed by atoms with E-state index in [0.717, 1.165) is 30.8 Å². The molecule has 0 spiro atoms. The summed E-state index contributed by atoms with van der Waals surface area (Å²) in [7, 11) is 1.76. The number of pyridine rings is 1. The van der Waals surface area contributed by atoms with Crippen LogP contribution in [-0.4, -0.2) is 35.7 Å². The number of aryl methyl sites for hydroxylation is 1. The molecule has 0 unspecified atom stereocenters. The van der Waals surface area contributed by atoms with Gasteiger partial charge in [0.05, 0.1) is 5.39 Å². The number of hydrogen-bond acceptors (Lipinski definition) is 3. The number of aromatic nitrogens is 1. The lowest BCUT2D eigenvalue weighted by Gasteiger charge is -2.18. The highest BCUT2D eigenvalue weighted by Crippen LogP contribution is 2.22. The van der Waals surface area contributed by atoms with Gasteiger partial charge in [0, 0.05) is 25.2 Å². The van der Waals surface area contributed by atoms with Gasteiger partial charge in [-0.25, -0.2) is 0 Å². The fourth-order valence-electron chi connectivity index (χ4n) is 2.30. The van der Waals surface area contributed by atoms with E-state index in [1.807, 2.05) is 24.3 Å². The van der Waals surface area contributed by atoms with Gasteiger partial charge >= 0.3 is 0 Å². The summed E-state index contributed by atoms with van der Waals surface area (Å²) >= 11 is 0. The van der Waals surface area contributed by atoms with Crippen LogP contribution < -0.4 is 10.3 Å². The normalized spacial score (nSPS) is 11.2. The molecule has 0 amide bonds. The van der Waals surface area contributed by atoms with E-state index in [0.29, 0.717) is 12.0 Å². The molecular weight excluding hydrogens is 252 g/mol. The lowest BCUT2D eigenvalue weighted by atomic mass is 10.1. The molecule has 0 radical (unpaired) electrons. The minimum Gasteiger partial charge on any atom is -0.492 e. The summed E-state index contributed by atoms with van der Waals surface area (Å²) in [6, 6.07) is 7.57. The summed E-state index contributed by atoms with van der Waals surface area (Å²) in [5, 5.41) is 1.59. The van der Waals surface area contributed by atoms with Gasteiger partial charge in [-0.2, -0.15) is 0 Å². The van der Waals surface area contributed by atoms with E-state index in [2.05, 4.69) is 18.7 Å². The molecule has 108 valence electrons. The van der Waals surface area contributed by atoms with Crippen LogP contribution in [0.25, 0.3) is 10.8 Å². The lowest BCUT2D eigenvalue weighted by molar-refractivity contribution is 0.224. The maximum Gasteiger partial charge on any atom is 0.258 e. The van der Waals surface area contributed by atoms with E-state index in [-0.39, 0.29) is 5.56 Å². The van der Waals surface area contributed by atoms with Gasteiger partial charge in [0.2, 0.25) is 0 Å². The largest absolute Gasteiger partial charge is 0.492 e. The van der Waals surface area contributed by atoms with Crippen molar-refractivity contribution in [1.82, 2.24) is 9.47 Å². The summed E-state index contributed by atoms with van der Waals surface area (Å²) in [5.74, 6) is 0.785. The topological polar surface area (TPSA) is 34.5 Å². The molecule has 4 heteroatoms. The number of rotatable bonds is 6. The average Bonchev–Trinajstić information content (AvgIpc) is 2.48. The number of nitrogens with zero attached hydrogens (tertiary/aromatic N) is 2. The summed E-state index contributed by atoms with van der Waals surface area (Å²) < 4.78 is 7.44. The molecule has 1 aromatic heterocycles. The van der Waals surface area contributed by atoms with E-state index >= 15 is 0 Å². The molecule has 4 nitrogen and oxygen atoms in total. The third kappa shape index (κ3) is 3.02. The molecule has 0 aliphatic rings. The maximum atomic E-state index is 12.1. The van der Waals surface area contributed by atoms with Crippen LogP contribution in [-0.2, 0) is 7.05 Å². The van der Waals surface area contributed by atoms with E-state index in [9.17, 15) is 4.79 Å². The first kappa shape index (κ1) is 14.6. The van der Waals surface area contributed by atoms with Crippen LogP contribution >= 0.6 is 0 Å². The average molecular weight is 274 g/mol. The SMILES string of the molecule is CCN(CC)CCOc1cccc2c(=O)n(C)ccc12.